The number of anilines is 1. The van der Waals surface area contributed by atoms with Crippen molar-refractivity contribution in [3.05, 3.63) is 29.6 Å². The van der Waals surface area contributed by atoms with E-state index in [1.165, 1.54) is 25.0 Å². The number of nitrogens with zero attached hydrogens (tertiary/aromatic N) is 1. The van der Waals surface area contributed by atoms with Crippen LogP contribution in [0, 0.1) is 12.7 Å². The van der Waals surface area contributed by atoms with E-state index < -0.39 is 0 Å². The number of halogens is 1. The van der Waals surface area contributed by atoms with Crippen molar-refractivity contribution in [3.63, 3.8) is 0 Å². The third-order valence-electron chi connectivity index (χ3n) is 3.59. The monoisotopic (exact) mass is 264 g/mol. The van der Waals surface area contributed by atoms with E-state index in [0.717, 1.165) is 31.5 Å². The molecule has 19 heavy (non-hydrogen) atoms. The summed E-state index contributed by atoms with van der Waals surface area (Å²) in [7, 11) is 0. The van der Waals surface area contributed by atoms with Gasteiger partial charge in [0.25, 0.3) is 0 Å². The van der Waals surface area contributed by atoms with Crippen LogP contribution in [0.25, 0.3) is 0 Å². The molecule has 104 valence electrons. The molecule has 1 N–H and O–H groups in total. The minimum absolute atomic E-state index is 0.102. The fourth-order valence-corrected chi connectivity index (χ4v) is 2.39. The number of carbonyl (C=O) groups excluding carboxylic acids is 1. The summed E-state index contributed by atoms with van der Waals surface area (Å²) in [5.41, 5.74) is 1.65. The van der Waals surface area contributed by atoms with Crippen molar-refractivity contribution in [2.45, 2.75) is 32.6 Å². The van der Waals surface area contributed by atoms with Gasteiger partial charge in [-0.25, -0.2) is 4.39 Å². The Morgan fingerprint density at radius 1 is 1.26 bits per heavy atom. The van der Waals surface area contributed by atoms with E-state index in [-0.39, 0.29) is 18.3 Å². The Morgan fingerprint density at radius 3 is 2.63 bits per heavy atom. The lowest BCUT2D eigenvalue weighted by atomic mass is 10.2. The topological polar surface area (TPSA) is 32.3 Å². The Hall–Kier alpha value is -1.58. The van der Waals surface area contributed by atoms with Gasteiger partial charge < -0.3 is 10.2 Å². The zero-order valence-corrected chi connectivity index (χ0v) is 11.4. The number of hydrogen-bond acceptors (Lipinski definition) is 2. The molecule has 0 aliphatic carbocycles. The van der Waals surface area contributed by atoms with Crippen molar-refractivity contribution in [3.8, 4) is 0 Å². The zero-order valence-electron chi connectivity index (χ0n) is 11.4. The Kier molecular flexibility index (Phi) is 4.77. The van der Waals surface area contributed by atoms with Crippen LogP contribution in [0.1, 0.15) is 31.2 Å². The fraction of sp³-hybridized carbons (Fsp3) is 0.533. The molecule has 1 fully saturated rings. The summed E-state index contributed by atoms with van der Waals surface area (Å²) in [6, 6.07) is 4.58. The summed E-state index contributed by atoms with van der Waals surface area (Å²) in [5.74, 6) is -0.180. The summed E-state index contributed by atoms with van der Waals surface area (Å²) in [4.78, 5) is 14.0. The highest BCUT2D eigenvalue weighted by molar-refractivity contribution is 5.81. The molecule has 0 unspecified atom stereocenters. The second kappa shape index (κ2) is 6.55. The highest BCUT2D eigenvalue weighted by Gasteiger charge is 2.15. The summed E-state index contributed by atoms with van der Waals surface area (Å²) >= 11 is 0. The molecule has 1 aliphatic rings. The standard InChI is InChI=1S/C15H21FN2O/c1-12-6-7-13(16)10-14(12)17-11-15(19)18-8-4-2-3-5-9-18/h6-7,10,17H,2-5,8-9,11H2,1H3. The number of nitrogens with one attached hydrogen (secondary N) is 1. The first kappa shape index (κ1) is 13.8. The van der Waals surface area contributed by atoms with E-state index >= 15 is 0 Å². The van der Waals surface area contributed by atoms with Gasteiger partial charge in [-0.1, -0.05) is 18.9 Å². The molecule has 0 aromatic heterocycles. The lowest BCUT2D eigenvalue weighted by Crippen LogP contribution is -2.36. The van der Waals surface area contributed by atoms with Crippen molar-refractivity contribution >= 4 is 11.6 Å². The van der Waals surface area contributed by atoms with Crippen molar-refractivity contribution < 1.29 is 9.18 Å². The van der Waals surface area contributed by atoms with Gasteiger partial charge in [-0.15, -0.1) is 0 Å². The summed E-state index contributed by atoms with van der Waals surface area (Å²) in [6.07, 6.45) is 4.59. The molecule has 1 aliphatic heterocycles. The van der Waals surface area contributed by atoms with Gasteiger partial charge in [-0.05, 0) is 37.5 Å². The van der Waals surface area contributed by atoms with E-state index in [1.54, 1.807) is 6.07 Å². The van der Waals surface area contributed by atoms with Gasteiger partial charge in [0.2, 0.25) is 5.91 Å². The van der Waals surface area contributed by atoms with Crippen molar-refractivity contribution in [2.24, 2.45) is 0 Å². The molecule has 0 spiro atoms. The maximum absolute atomic E-state index is 13.1. The molecule has 0 radical (unpaired) electrons. The van der Waals surface area contributed by atoms with E-state index in [1.807, 2.05) is 11.8 Å². The predicted octanol–water partition coefficient (Wildman–Crippen LogP) is 2.95. The first-order valence-electron chi connectivity index (χ1n) is 6.94. The van der Waals surface area contributed by atoms with Crippen LogP contribution in [-0.2, 0) is 4.79 Å². The maximum atomic E-state index is 13.1. The molecule has 0 saturated carbocycles. The van der Waals surface area contributed by atoms with Crippen LogP contribution >= 0.6 is 0 Å². The Labute approximate surface area is 113 Å². The minimum atomic E-state index is -0.282. The quantitative estimate of drug-likeness (QED) is 0.910. The Morgan fingerprint density at radius 2 is 1.95 bits per heavy atom. The molecule has 0 atom stereocenters. The summed E-state index contributed by atoms with van der Waals surface area (Å²) in [5, 5.41) is 3.04. The third-order valence-corrected chi connectivity index (χ3v) is 3.59. The van der Waals surface area contributed by atoms with E-state index in [4.69, 9.17) is 0 Å². The van der Waals surface area contributed by atoms with Gasteiger partial charge in [0.1, 0.15) is 5.82 Å². The molecular formula is C15H21FN2O. The number of benzene rings is 1. The molecule has 1 amide bonds. The lowest BCUT2D eigenvalue weighted by Gasteiger charge is -2.21. The average molecular weight is 264 g/mol. The molecule has 1 heterocycles. The number of carbonyl (C=O) groups is 1. The molecule has 3 nitrogen and oxygen atoms in total. The Bertz CT molecular complexity index is 440. The van der Waals surface area contributed by atoms with E-state index in [9.17, 15) is 9.18 Å². The van der Waals surface area contributed by atoms with Crippen LogP contribution in [-0.4, -0.2) is 30.4 Å². The number of amides is 1. The first-order valence-corrected chi connectivity index (χ1v) is 6.94. The fourth-order valence-electron chi connectivity index (χ4n) is 2.39. The minimum Gasteiger partial charge on any atom is -0.376 e. The second-order valence-corrected chi connectivity index (χ2v) is 5.11. The van der Waals surface area contributed by atoms with E-state index in [0.29, 0.717) is 5.69 Å². The SMILES string of the molecule is Cc1ccc(F)cc1NCC(=O)N1CCCCCC1. The predicted molar refractivity (Wildman–Crippen MR) is 74.7 cm³/mol. The van der Waals surface area contributed by atoms with Crippen LogP contribution in [0.15, 0.2) is 18.2 Å². The largest absolute Gasteiger partial charge is 0.376 e. The number of likely N-dealkylation sites (tertiary alicyclic amines) is 1. The molecule has 1 saturated heterocycles. The van der Waals surface area contributed by atoms with E-state index in [2.05, 4.69) is 5.32 Å². The molecule has 0 bridgehead atoms. The lowest BCUT2D eigenvalue weighted by molar-refractivity contribution is -0.129. The van der Waals surface area contributed by atoms with Gasteiger partial charge in [0, 0.05) is 18.8 Å². The normalized spacial score (nSPS) is 16.0. The van der Waals surface area contributed by atoms with Crippen molar-refractivity contribution in [2.75, 3.05) is 25.0 Å². The summed E-state index contributed by atoms with van der Waals surface area (Å²) < 4.78 is 13.1. The van der Waals surface area contributed by atoms with Gasteiger partial charge in [0.05, 0.1) is 6.54 Å². The highest BCUT2D eigenvalue weighted by atomic mass is 19.1. The second-order valence-electron chi connectivity index (χ2n) is 5.11. The van der Waals surface area contributed by atoms with Gasteiger partial charge in [0.15, 0.2) is 0 Å². The van der Waals surface area contributed by atoms with Gasteiger partial charge in [-0.2, -0.15) is 0 Å². The first-order chi connectivity index (χ1) is 9.16. The van der Waals surface area contributed by atoms with Crippen LogP contribution in [0.3, 0.4) is 0 Å². The average Bonchev–Trinajstić information content (AvgIpc) is 2.68. The van der Waals surface area contributed by atoms with Gasteiger partial charge in [-0.3, -0.25) is 4.79 Å². The van der Waals surface area contributed by atoms with Crippen molar-refractivity contribution in [1.82, 2.24) is 4.90 Å². The van der Waals surface area contributed by atoms with Crippen LogP contribution in [0.5, 0.6) is 0 Å². The smallest absolute Gasteiger partial charge is 0.241 e. The Balaban J connectivity index is 1.90. The molecule has 2 rings (SSSR count). The maximum Gasteiger partial charge on any atom is 0.241 e. The third kappa shape index (κ3) is 3.94. The highest BCUT2D eigenvalue weighted by Crippen LogP contribution is 2.16. The molecule has 1 aromatic rings. The number of hydrogen-bond donors (Lipinski definition) is 1. The number of rotatable bonds is 3. The van der Waals surface area contributed by atoms with Crippen LogP contribution in [0.4, 0.5) is 10.1 Å². The van der Waals surface area contributed by atoms with Crippen LogP contribution < -0.4 is 5.32 Å². The van der Waals surface area contributed by atoms with Crippen molar-refractivity contribution in [1.29, 1.82) is 0 Å². The van der Waals surface area contributed by atoms with Crippen LogP contribution in [0.2, 0.25) is 0 Å². The zero-order chi connectivity index (χ0) is 13.7. The molecule has 4 heteroatoms. The van der Waals surface area contributed by atoms with Gasteiger partial charge >= 0.3 is 0 Å². The summed E-state index contributed by atoms with van der Waals surface area (Å²) in [6.45, 7) is 3.84. The molecular weight excluding hydrogens is 243 g/mol. The number of aryl methyl sites for hydroxylation is 1. The molecule has 1 aromatic carbocycles.